The van der Waals surface area contributed by atoms with Crippen molar-refractivity contribution in [1.29, 1.82) is 5.41 Å². The molecular weight excluding hydrogens is 477 g/mol. The van der Waals surface area contributed by atoms with Crippen molar-refractivity contribution in [3.05, 3.63) is 69.6 Å². The first kappa shape index (κ1) is 22.8. The van der Waals surface area contributed by atoms with E-state index in [-0.39, 0.29) is 21.3 Å². The highest BCUT2D eigenvalue weighted by molar-refractivity contribution is 6.35. The van der Waals surface area contributed by atoms with Crippen LogP contribution in [0.1, 0.15) is 29.3 Å². The smallest absolute Gasteiger partial charge is 0.178 e. The molecule has 11 heteroatoms. The number of ether oxygens (including phenoxy) is 2. The second-order valence-electron chi connectivity index (χ2n) is 8.62. The summed E-state index contributed by atoms with van der Waals surface area (Å²) in [5.74, 6) is 1.30. The number of benzene rings is 1. The maximum Gasteiger partial charge on any atom is 0.178 e. The van der Waals surface area contributed by atoms with Crippen LogP contribution in [0.2, 0.25) is 10.2 Å². The van der Waals surface area contributed by atoms with Crippen molar-refractivity contribution >= 4 is 40.4 Å². The number of nitrogens with one attached hydrogen (secondary N) is 1. The highest BCUT2D eigenvalue weighted by Gasteiger charge is 2.46. The van der Waals surface area contributed by atoms with Gasteiger partial charge in [0.2, 0.25) is 0 Å². The van der Waals surface area contributed by atoms with Crippen molar-refractivity contribution in [2.24, 2.45) is 11.1 Å². The molecule has 176 valence electrons. The highest BCUT2D eigenvalue weighted by Crippen LogP contribution is 2.40. The number of hydrogen-bond acceptors (Lipinski definition) is 9. The highest BCUT2D eigenvalue weighted by atomic mass is 35.5. The van der Waals surface area contributed by atoms with Gasteiger partial charge in [-0.05, 0) is 36.8 Å². The van der Waals surface area contributed by atoms with Gasteiger partial charge in [0.25, 0.3) is 0 Å². The average Bonchev–Trinajstić information content (AvgIpc) is 3.29. The SMILES string of the molecule is N=C(c1ccc(N2CC3(CCOC3)C2)nc1)c1cc(O[C@H](N)c2c(Cl)cnnc2Cl)ccc1N. The Kier molecular flexibility index (Phi) is 6.03. The Morgan fingerprint density at radius 1 is 1.21 bits per heavy atom. The first-order valence-electron chi connectivity index (χ1n) is 10.7. The first-order chi connectivity index (χ1) is 16.3. The molecule has 0 saturated carbocycles. The van der Waals surface area contributed by atoms with E-state index in [1.165, 1.54) is 6.20 Å². The summed E-state index contributed by atoms with van der Waals surface area (Å²) in [4.78, 5) is 6.80. The fourth-order valence-electron chi connectivity index (χ4n) is 4.34. The van der Waals surface area contributed by atoms with E-state index in [1.54, 1.807) is 24.4 Å². The Morgan fingerprint density at radius 3 is 2.71 bits per heavy atom. The zero-order chi connectivity index (χ0) is 23.9. The van der Waals surface area contributed by atoms with Gasteiger partial charge in [-0.15, -0.1) is 5.10 Å². The van der Waals surface area contributed by atoms with Gasteiger partial charge in [-0.3, -0.25) is 11.1 Å². The fourth-order valence-corrected chi connectivity index (χ4v) is 4.88. The van der Waals surface area contributed by atoms with Gasteiger partial charge < -0.3 is 20.1 Å². The number of nitrogens with zero attached hydrogens (tertiary/aromatic N) is 4. The summed E-state index contributed by atoms with van der Waals surface area (Å²) in [7, 11) is 0. The Balaban J connectivity index is 1.31. The summed E-state index contributed by atoms with van der Waals surface area (Å²) in [6.45, 7) is 3.56. The van der Waals surface area contributed by atoms with Crippen molar-refractivity contribution in [3.63, 3.8) is 0 Å². The van der Waals surface area contributed by atoms with Crippen LogP contribution in [-0.2, 0) is 4.74 Å². The lowest BCUT2D eigenvalue weighted by Crippen LogP contribution is -2.57. The van der Waals surface area contributed by atoms with Crippen LogP contribution in [0.4, 0.5) is 11.5 Å². The normalized spacial score (nSPS) is 17.4. The van der Waals surface area contributed by atoms with Crippen molar-refractivity contribution < 1.29 is 9.47 Å². The van der Waals surface area contributed by atoms with Crippen LogP contribution in [0.5, 0.6) is 5.75 Å². The number of halogens is 2. The van der Waals surface area contributed by atoms with Crippen molar-refractivity contribution in [3.8, 4) is 5.75 Å². The summed E-state index contributed by atoms with van der Waals surface area (Å²) >= 11 is 12.2. The van der Waals surface area contributed by atoms with Crippen LogP contribution in [0.25, 0.3) is 0 Å². The van der Waals surface area contributed by atoms with Gasteiger partial charge in [0.05, 0.1) is 29.1 Å². The van der Waals surface area contributed by atoms with Gasteiger partial charge in [0, 0.05) is 48.1 Å². The number of rotatable bonds is 6. The molecule has 2 aromatic heterocycles. The lowest BCUT2D eigenvalue weighted by atomic mass is 9.79. The quantitative estimate of drug-likeness (QED) is 0.266. The van der Waals surface area contributed by atoms with Crippen LogP contribution in [-0.4, -0.2) is 47.2 Å². The second kappa shape index (κ2) is 8.99. The minimum atomic E-state index is -0.979. The van der Waals surface area contributed by atoms with Gasteiger partial charge in [0.15, 0.2) is 11.4 Å². The van der Waals surface area contributed by atoms with Crippen LogP contribution in [0.15, 0.2) is 42.7 Å². The first-order valence-corrected chi connectivity index (χ1v) is 11.5. The molecule has 2 fully saturated rings. The molecule has 1 atom stereocenters. The van der Waals surface area contributed by atoms with Crippen molar-refractivity contribution in [2.75, 3.05) is 36.9 Å². The van der Waals surface area contributed by atoms with E-state index in [1.807, 2.05) is 12.1 Å². The van der Waals surface area contributed by atoms with Crippen LogP contribution in [0.3, 0.4) is 0 Å². The molecular formula is C23H23Cl2N7O2. The van der Waals surface area contributed by atoms with E-state index in [2.05, 4.69) is 20.1 Å². The molecule has 9 nitrogen and oxygen atoms in total. The summed E-state index contributed by atoms with van der Waals surface area (Å²) < 4.78 is 11.4. The maximum absolute atomic E-state index is 8.69. The van der Waals surface area contributed by atoms with E-state index in [0.29, 0.717) is 28.1 Å². The summed E-state index contributed by atoms with van der Waals surface area (Å²) in [5.41, 5.74) is 14.7. The summed E-state index contributed by atoms with van der Waals surface area (Å²) in [6, 6.07) is 8.78. The monoisotopic (exact) mass is 499 g/mol. The number of hydrogen-bond donors (Lipinski definition) is 3. The van der Waals surface area contributed by atoms with Gasteiger partial charge in [-0.2, -0.15) is 5.10 Å². The molecule has 0 radical (unpaired) electrons. The molecule has 2 saturated heterocycles. The largest absolute Gasteiger partial charge is 0.471 e. The molecule has 5 rings (SSSR count). The molecule has 1 spiro atoms. The van der Waals surface area contributed by atoms with Gasteiger partial charge in [-0.1, -0.05) is 23.2 Å². The zero-order valence-corrected chi connectivity index (χ0v) is 19.7. The number of aromatic nitrogens is 3. The molecule has 0 unspecified atom stereocenters. The average molecular weight is 500 g/mol. The van der Waals surface area contributed by atoms with Crippen LogP contribution >= 0.6 is 23.2 Å². The van der Waals surface area contributed by atoms with E-state index in [0.717, 1.165) is 38.5 Å². The predicted octanol–water partition coefficient (Wildman–Crippen LogP) is 3.44. The Morgan fingerprint density at radius 2 is 2.03 bits per heavy atom. The van der Waals surface area contributed by atoms with Gasteiger partial charge in [0.1, 0.15) is 11.6 Å². The Hall–Kier alpha value is -2.98. The second-order valence-corrected chi connectivity index (χ2v) is 9.39. The van der Waals surface area contributed by atoms with E-state index in [9.17, 15) is 0 Å². The van der Waals surface area contributed by atoms with Gasteiger partial charge >= 0.3 is 0 Å². The van der Waals surface area contributed by atoms with E-state index in [4.69, 9.17) is 49.6 Å². The number of pyridine rings is 1. The molecule has 0 amide bonds. The summed E-state index contributed by atoms with van der Waals surface area (Å²) in [5, 5.41) is 16.4. The van der Waals surface area contributed by atoms with Crippen LogP contribution < -0.4 is 21.1 Å². The molecule has 0 aliphatic carbocycles. The molecule has 2 aliphatic rings. The topological polar surface area (TPSA) is 136 Å². The third kappa shape index (κ3) is 4.27. The van der Waals surface area contributed by atoms with Gasteiger partial charge in [-0.25, -0.2) is 4.98 Å². The van der Waals surface area contributed by atoms with Crippen molar-refractivity contribution in [2.45, 2.75) is 12.6 Å². The zero-order valence-electron chi connectivity index (χ0n) is 18.2. The molecule has 3 aromatic rings. The fraction of sp³-hybridized carbons (Fsp3) is 0.304. The maximum atomic E-state index is 8.69. The summed E-state index contributed by atoms with van der Waals surface area (Å²) in [6.07, 6.45) is 3.15. The van der Waals surface area contributed by atoms with E-state index < -0.39 is 6.23 Å². The Bertz CT molecular complexity index is 1200. The lowest BCUT2D eigenvalue weighted by molar-refractivity contribution is 0.131. The van der Waals surface area contributed by atoms with Crippen molar-refractivity contribution in [1.82, 2.24) is 15.2 Å². The molecule has 34 heavy (non-hydrogen) atoms. The minimum Gasteiger partial charge on any atom is -0.471 e. The predicted molar refractivity (Wildman–Crippen MR) is 131 cm³/mol. The number of nitrogens with two attached hydrogens (primary N) is 2. The molecule has 5 N–H and O–H groups in total. The van der Waals surface area contributed by atoms with Crippen LogP contribution in [0, 0.1) is 10.8 Å². The lowest BCUT2D eigenvalue weighted by Gasteiger charge is -2.47. The number of anilines is 2. The minimum absolute atomic E-state index is 0.0585. The molecule has 1 aromatic carbocycles. The standard InChI is InChI=1S/C23H23Cl2N7O2/c24-16-9-30-31-21(25)19(16)22(28)34-14-2-3-17(26)15(7-14)20(27)13-1-4-18(29-8-13)32-10-23(11-32)5-6-33-12-23/h1-4,7-9,22,27H,5-6,10-12,26,28H2/t22-/m0/s1. The third-order valence-electron chi connectivity index (χ3n) is 6.24. The Labute approximate surface area is 206 Å². The number of nitrogen functional groups attached to an aromatic ring is 1. The third-order valence-corrected chi connectivity index (χ3v) is 6.82. The molecule has 0 bridgehead atoms. The molecule has 2 aliphatic heterocycles. The molecule has 4 heterocycles. The van der Waals surface area contributed by atoms with E-state index >= 15 is 0 Å².